The van der Waals surface area contributed by atoms with Crippen LogP contribution in [0.4, 0.5) is 0 Å². The molecule has 0 aliphatic carbocycles. The second-order valence-corrected chi connectivity index (χ2v) is 7.56. The zero-order valence-electron chi connectivity index (χ0n) is 16.5. The van der Waals surface area contributed by atoms with Crippen molar-refractivity contribution in [2.75, 3.05) is 26.2 Å². The van der Waals surface area contributed by atoms with E-state index in [2.05, 4.69) is 15.5 Å². The Balaban J connectivity index is 1.23. The van der Waals surface area contributed by atoms with Crippen molar-refractivity contribution in [3.05, 3.63) is 60.2 Å². The van der Waals surface area contributed by atoms with Crippen LogP contribution in [0.3, 0.4) is 0 Å². The van der Waals surface area contributed by atoms with Crippen molar-refractivity contribution < 1.29 is 19.0 Å². The molecule has 0 fully saturated rings. The smallest absolute Gasteiger partial charge is 0.231 e. The molecule has 0 bridgehead atoms. The second kappa shape index (κ2) is 9.49. The van der Waals surface area contributed by atoms with Gasteiger partial charge in [-0.25, -0.2) is 0 Å². The first-order valence-corrected chi connectivity index (χ1v) is 10.5. The van der Waals surface area contributed by atoms with Crippen molar-refractivity contribution in [3.63, 3.8) is 0 Å². The number of methoxy groups -OCH3 is 1. The van der Waals surface area contributed by atoms with Crippen molar-refractivity contribution >= 4 is 17.7 Å². The fourth-order valence-electron chi connectivity index (χ4n) is 2.94. The highest BCUT2D eigenvalue weighted by atomic mass is 32.2. The third kappa shape index (κ3) is 5.01. The molecule has 4 rings (SSSR count). The largest absolute Gasteiger partial charge is 0.497 e. The van der Waals surface area contributed by atoms with Crippen molar-refractivity contribution in [1.29, 1.82) is 0 Å². The van der Waals surface area contributed by atoms with Crippen LogP contribution in [0.1, 0.15) is 5.56 Å². The van der Waals surface area contributed by atoms with Crippen molar-refractivity contribution in [2.45, 2.75) is 11.4 Å². The average molecular weight is 423 g/mol. The molecule has 1 aliphatic heterocycles. The van der Waals surface area contributed by atoms with Crippen molar-refractivity contribution in [2.24, 2.45) is 0 Å². The summed E-state index contributed by atoms with van der Waals surface area (Å²) in [7, 11) is 1.64. The molecule has 0 unspecified atom stereocenters. The zero-order chi connectivity index (χ0) is 20.8. The summed E-state index contributed by atoms with van der Waals surface area (Å²) in [4.78, 5) is 12.1. The summed E-state index contributed by atoms with van der Waals surface area (Å²) in [6.07, 6.45) is 0.768. The molecular formula is C22H21N3O4S. The second-order valence-electron chi connectivity index (χ2n) is 6.56. The number of carbonyl (C=O) groups excluding carboxylic acids is 1. The minimum absolute atomic E-state index is 0.0323. The van der Waals surface area contributed by atoms with Crippen LogP contribution in [0.25, 0.3) is 11.3 Å². The fourth-order valence-corrected chi connectivity index (χ4v) is 3.58. The minimum Gasteiger partial charge on any atom is -0.497 e. The maximum absolute atomic E-state index is 12.1. The zero-order valence-corrected chi connectivity index (χ0v) is 17.3. The van der Waals surface area contributed by atoms with Gasteiger partial charge in [0.25, 0.3) is 0 Å². The third-order valence-electron chi connectivity index (χ3n) is 4.55. The number of nitrogens with one attached hydrogen (secondary N) is 1. The van der Waals surface area contributed by atoms with Crippen LogP contribution in [0.2, 0.25) is 0 Å². The SMILES string of the molecule is COc1ccc(CCNC(=O)CSc2ccc(-c3ccc4c(c3)OCO4)nn2)cc1. The van der Waals surface area contributed by atoms with Gasteiger partial charge in [-0.15, -0.1) is 10.2 Å². The van der Waals surface area contributed by atoms with Gasteiger partial charge >= 0.3 is 0 Å². The van der Waals surface area contributed by atoms with E-state index in [-0.39, 0.29) is 12.7 Å². The van der Waals surface area contributed by atoms with E-state index < -0.39 is 0 Å². The van der Waals surface area contributed by atoms with E-state index in [0.29, 0.717) is 23.1 Å². The average Bonchev–Trinajstić information content (AvgIpc) is 3.26. The molecule has 30 heavy (non-hydrogen) atoms. The number of benzene rings is 2. The van der Waals surface area contributed by atoms with Gasteiger partial charge in [-0.3, -0.25) is 4.79 Å². The Hall–Kier alpha value is -3.26. The highest BCUT2D eigenvalue weighted by molar-refractivity contribution is 7.99. The van der Waals surface area contributed by atoms with E-state index in [4.69, 9.17) is 14.2 Å². The molecule has 0 saturated heterocycles. The first-order chi connectivity index (χ1) is 14.7. The number of hydrogen-bond donors (Lipinski definition) is 1. The van der Waals surface area contributed by atoms with Crippen LogP contribution in [0, 0.1) is 0 Å². The van der Waals surface area contributed by atoms with E-state index in [9.17, 15) is 4.79 Å². The maximum atomic E-state index is 12.1. The molecule has 0 atom stereocenters. The Morgan fingerprint density at radius 3 is 2.67 bits per heavy atom. The molecule has 1 N–H and O–H groups in total. The molecule has 154 valence electrons. The summed E-state index contributed by atoms with van der Waals surface area (Å²) in [6.45, 7) is 0.822. The molecule has 0 saturated carbocycles. The molecule has 1 amide bonds. The monoisotopic (exact) mass is 423 g/mol. The molecule has 8 heteroatoms. The summed E-state index contributed by atoms with van der Waals surface area (Å²) >= 11 is 1.36. The third-order valence-corrected chi connectivity index (χ3v) is 5.47. The number of nitrogens with zero attached hydrogens (tertiary/aromatic N) is 2. The van der Waals surface area contributed by atoms with E-state index in [1.807, 2.05) is 54.6 Å². The number of ether oxygens (including phenoxy) is 3. The lowest BCUT2D eigenvalue weighted by Crippen LogP contribution is -2.27. The van der Waals surface area contributed by atoms with Crippen LogP contribution in [0.15, 0.2) is 59.6 Å². The molecule has 0 radical (unpaired) electrons. The van der Waals surface area contributed by atoms with Crippen LogP contribution < -0.4 is 19.5 Å². The lowest BCUT2D eigenvalue weighted by molar-refractivity contribution is -0.118. The molecule has 1 aliphatic rings. The molecular weight excluding hydrogens is 402 g/mol. The molecule has 1 aromatic heterocycles. The molecule has 2 aromatic carbocycles. The first kappa shape index (κ1) is 20.0. The number of rotatable bonds is 8. The summed E-state index contributed by atoms with van der Waals surface area (Å²) in [5.41, 5.74) is 2.79. The number of amides is 1. The minimum atomic E-state index is -0.0323. The van der Waals surface area contributed by atoms with Gasteiger partial charge in [0.05, 0.1) is 18.6 Å². The summed E-state index contributed by atoms with van der Waals surface area (Å²) in [5, 5.41) is 12.1. The quantitative estimate of drug-likeness (QED) is 0.557. The van der Waals surface area contributed by atoms with Crippen molar-refractivity contribution in [1.82, 2.24) is 15.5 Å². The highest BCUT2D eigenvalue weighted by Gasteiger charge is 2.14. The van der Waals surface area contributed by atoms with Gasteiger partial charge in [0, 0.05) is 12.1 Å². The molecule has 3 aromatic rings. The van der Waals surface area contributed by atoms with Gasteiger partial charge in [0.1, 0.15) is 10.8 Å². The lowest BCUT2D eigenvalue weighted by atomic mass is 10.1. The molecule has 2 heterocycles. The standard InChI is InChI=1S/C22H21N3O4S/c1-27-17-5-2-15(3-6-17)10-11-23-21(26)13-30-22-9-7-18(24-25-22)16-4-8-19-20(12-16)29-14-28-19/h2-9,12H,10-11,13-14H2,1H3,(H,23,26). The Bertz CT molecular complexity index is 1010. The molecule has 7 nitrogen and oxygen atoms in total. The number of thioether (sulfide) groups is 1. The number of fused-ring (bicyclic) bond motifs is 1. The highest BCUT2D eigenvalue weighted by Crippen LogP contribution is 2.35. The number of hydrogen-bond acceptors (Lipinski definition) is 7. The Kier molecular flexibility index (Phi) is 6.34. The van der Waals surface area contributed by atoms with E-state index in [1.54, 1.807) is 7.11 Å². The van der Waals surface area contributed by atoms with Crippen LogP contribution in [-0.4, -0.2) is 42.3 Å². The lowest BCUT2D eigenvalue weighted by Gasteiger charge is -2.06. The predicted octanol–water partition coefficient (Wildman–Crippen LogP) is 3.33. The first-order valence-electron chi connectivity index (χ1n) is 9.47. The van der Waals surface area contributed by atoms with Gasteiger partial charge in [-0.2, -0.15) is 0 Å². The van der Waals surface area contributed by atoms with Crippen LogP contribution in [0.5, 0.6) is 17.2 Å². The van der Waals surface area contributed by atoms with Gasteiger partial charge in [0.2, 0.25) is 12.7 Å². The summed E-state index contributed by atoms with van der Waals surface area (Å²) in [6, 6.07) is 17.2. The van der Waals surface area contributed by atoms with Crippen LogP contribution in [-0.2, 0) is 11.2 Å². The van der Waals surface area contributed by atoms with E-state index in [0.717, 1.165) is 34.7 Å². The maximum Gasteiger partial charge on any atom is 0.231 e. The Labute approximate surface area is 178 Å². The normalized spacial score (nSPS) is 11.9. The van der Waals surface area contributed by atoms with E-state index in [1.165, 1.54) is 11.8 Å². The van der Waals surface area contributed by atoms with E-state index >= 15 is 0 Å². The summed E-state index contributed by atoms with van der Waals surface area (Å²) in [5.74, 6) is 2.52. The topological polar surface area (TPSA) is 82.6 Å². The Morgan fingerprint density at radius 1 is 1.07 bits per heavy atom. The molecule has 0 spiro atoms. The van der Waals surface area contributed by atoms with Crippen molar-refractivity contribution in [3.8, 4) is 28.5 Å². The van der Waals surface area contributed by atoms with Gasteiger partial charge in [0.15, 0.2) is 11.5 Å². The number of carbonyl (C=O) groups is 1. The number of aromatic nitrogens is 2. The Morgan fingerprint density at radius 2 is 1.90 bits per heavy atom. The predicted molar refractivity (Wildman–Crippen MR) is 114 cm³/mol. The fraction of sp³-hybridized carbons (Fsp3) is 0.227. The van der Waals surface area contributed by atoms with Gasteiger partial charge in [-0.1, -0.05) is 23.9 Å². The van der Waals surface area contributed by atoms with Gasteiger partial charge in [-0.05, 0) is 54.4 Å². The summed E-state index contributed by atoms with van der Waals surface area (Å²) < 4.78 is 15.9. The van der Waals surface area contributed by atoms with Gasteiger partial charge < -0.3 is 19.5 Å². The van der Waals surface area contributed by atoms with Crippen LogP contribution >= 0.6 is 11.8 Å².